The average Bonchev–Trinajstić information content (AvgIpc) is 2.78. The largest absolute Gasteiger partial charge is 0.497 e. The van der Waals surface area contributed by atoms with E-state index in [0.29, 0.717) is 22.2 Å². The molecule has 0 aliphatic rings. The summed E-state index contributed by atoms with van der Waals surface area (Å²) in [5.41, 5.74) is 0.516. The summed E-state index contributed by atoms with van der Waals surface area (Å²) in [4.78, 5) is 12.7. The molecule has 0 aromatic heterocycles. The van der Waals surface area contributed by atoms with Gasteiger partial charge in [0.1, 0.15) is 23.9 Å². The predicted octanol–water partition coefficient (Wildman–Crippen LogP) is 4.33. The number of rotatable bonds is 8. The molecule has 0 spiro atoms. The highest BCUT2D eigenvalue weighted by molar-refractivity contribution is 7.92. The van der Waals surface area contributed by atoms with Gasteiger partial charge in [-0.05, 0) is 66.7 Å². The van der Waals surface area contributed by atoms with Crippen molar-refractivity contribution in [3.8, 4) is 11.5 Å². The van der Waals surface area contributed by atoms with Crippen molar-refractivity contribution in [1.29, 1.82) is 0 Å². The molecule has 7 nitrogen and oxygen atoms in total. The molecular formula is C22H20ClFN2O5S. The Balaban J connectivity index is 1.96. The lowest BCUT2D eigenvalue weighted by molar-refractivity contribution is -0.114. The van der Waals surface area contributed by atoms with Gasteiger partial charge in [0.2, 0.25) is 5.91 Å². The molecule has 0 aliphatic carbocycles. The number of hydrogen-bond acceptors (Lipinski definition) is 5. The van der Waals surface area contributed by atoms with Crippen LogP contribution >= 0.6 is 11.6 Å². The van der Waals surface area contributed by atoms with E-state index < -0.39 is 28.3 Å². The van der Waals surface area contributed by atoms with Gasteiger partial charge in [-0.15, -0.1) is 0 Å². The fourth-order valence-electron chi connectivity index (χ4n) is 2.90. The zero-order valence-corrected chi connectivity index (χ0v) is 18.8. The smallest absolute Gasteiger partial charge is 0.264 e. The molecule has 3 aromatic rings. The van der Waals surface area contributed by atoms with Crippen LogP contribution in [0.5, 0.6) is 11.5 Å². The molecule has 0 atom stereocenters. The summed E-state index contributed by atoms with van der Waals surface area (Å²) < 4.78 is 51.2. The quantitative estimate of drug-likeness (QED) is 0.521. The number of amides is 1. The maximum absolute atomic E-state index is 13.3. The molecule has 168 valence electrons. The van der Waals surface area contributed by atoms with Gasteiger partial charge in [0.05, 0.1) is 30.5 Å². The normalized spacial score (nSPS) is 11.0. The van der Waals surface area contributed by atoms with Gasteiger partial charge in [0, 0.05) is 5.02 Å². The summed E-state index contributed by atoms with van der Waals surface area (Å²) >= 11 is 6.00. The van der Waals surface area contributed by atoms with Gasteiger partial charge in [-0.3, -0.25) is 9.10 Å². The Labute approximate surface area is 190 Å². The Morgan fingerprint density at radius 1 is 1.00 bits per heavy atom. The van der Waals surface area contributed by atoms with E-state index in [1.165, 1.54) is 32.4 Å². The molecule has 10 heteroatoms. The summed E-state index contributed by atoms with van der Waals surface area (Å²) in [6.07, 6.45) is 0. The second-order valence-electron chi connectivity index (χ2n) is 6.56. The third-order valence-corrected chi connectivity index (χ3v) is 6.51. The minimum Gasteiger partial charge on any atom is -0.497 e. The first-order chi connectivity index (χ1) is 15.2. The van der Waals surface area contributed by atoms with Crippen LogP contribution in [0.1, 0.15) is 0 Å². The van der Waals surface area contributed by atoms with Gasteiger partial charge in [0.25, 0.3) is 10.0 Å². The van der Waals surface area contributed by atoms with Crippen LogP contribution in [-0.2, 0) is 14.8 Å². The lowest BCUT2D eigenvalue weighted by Gasteiger charge is -2.24. The molecule has 3 aromatic carbocycles. The fourth-order valence-corrected chi connectivity index (χ4v) is 4.49. The van der Waals surface area contributed by atoms with Crippen molar-refractivity contribution in [2.75, 3.05) is 30.4 Å². The molecule has 32 heavy (non-hydrogen) atoms. The number of carbonyl (C=O) groups excluding carboxylic acids is 1. The summed E-state index contributed by atoms with van der Waals surface area (Å²) in [5.74, 6) is -0.334. The van der Waals surface area contributed by atoms with Gasteiger partial charge >= 0.3 is 0 Å². The number of carbonyl (C=O) groups is 1. The van der Waals surface area contributed by atoms with Crippen molar-refractivity contribution in [3.05, 3.63) is 77.6 Å². The number of nitrogens with one attached hydrogen (secondary N) is 1. The zero-order valence-electron chi connectivity index (χ0n) is 17.2. The van der Waals surface area contributed by atoms with E-state index in [1.54, 1.807) is 24.3 Å². The van der Waals surface area contributed by atoms with Crippen molar-refractivity contribution in [1.82, 2.24) is 0 Å². The van der Waals surface area contributed by atoms with Gasteiger partial charge in [-0.25, -0.2) is 12.8 Å². The maximum atomic E-state index is 13.3. The summed E-state index contributed by atoms with van der Waals surface area (Å²) in [6.45, 7) is -0.554. The van der Waals surface area contributed by atoms with Crippen LogP contribution in [0, 0.1) is 5.82 Å². The van der Waals surface area contributed by atoms with E-state index in [9.17, 15) is 17.6 Å². The molecule has 1 N–H and O–H groups in total. The molecule has 0 bridgehead atoms. The van der Waals surface area contributed by atoms with Crippen molar-refractivity contribution >= 4 is 38.9 Å². The molecule has 0 saturated carbocycles. The molecule has 0 saturated heterocycles. The van der Waals surface area contributed by atoms with Crippen LogP contribution in [0.15, 0.2) is 71.6 Å². The van der Waals surface area contributed by atoms with Crippen LogP contribution in [0.3, 0.4) is 0 Å². The first-order valence-electron chi connectivity index (χ1n) is 9.30. The third kappa shape index (κ3) is 5.30. The number of halogens is 2. The second kappa shape index (κ2) is 9.88. The van der Waals surface area contributed by atoms with Gasteiger partial charge in [0.15, 0.2) is 0 Å². The number of anilines is 2. The minimum absolute atomic E-state index is 0.164. The van der Waals surface area contributed by atoms with Crippen LogP contribution in [0.2, 0.25) is 5.02 Å². The summed E-state index contributed by atoms with van der Waals surface area (Å²) in [5, 5.41) is 2.99. The van der Waals surface area contributed by atoms with E-state index in [0.717, 1.165) is 28.6 Å². The second-order valence-corrected chi connectivity index (χ2v) is 8.86. The average molecular weight is 479 g/mol. The van der Waals surface area contributed by atoms with E-state index >= 15 is 0 Å². The highest BCUT2D eigenvalue weighted by atomic mass is 35.5. The van der Waals surface area contributed by atoms with Crippen molar-refractivity contribution < 1.29 is 27.1 Å². The zero-order chi connectivity index (χ0) is 23.3. The molecule has 0 fully saturated rings. The van der Waals surface area contributed by atoms with Gasteiger partial charge < -0.3 is 14.8 Å². The van der Waals surface area contributed by atoms with Crippen molar-refractivity contribution in [3.63, 3.8) is 0 Å². The maximum Gasteiger partial charge on any atom is 0.264 e. The Morgan fingerprint density at radius 3 is 2.25 bits per heavy atom. The molecular weight excluding hydrogens is 459 g/mol. The van der Waals surface area contributed by atoms with Crippen LogP contribution in [-0.4, -0.2) is 35.1 Å². The molecule has 0 aliphatic heterocycles. The highest BCUT2D eigenvalue weighted by Crippen LogP contribution is 2.29. The number of ether oxygens (including phenoxy) is 2. The monoisotopic (exact) mass is 478 g/mol. The molecule has 3 rings (SSSR count). The number of nitrogens with zero attached hydrogens (tertiary/aromatic N) is 1. The Kier molecular flexibility index (Phi) is 7.22. The highest BCUT2D eigenvalue weighted by Gasteiger charge is 2.27. The van der Waals surface area contributed by atoms with Crippen molar-refractivity contribution in [2.45, 2.75) is 4.90 Å². The van der Waals surface area contributed by atoms with E-state index in [2.05, 4.69) is 5.32 Å². The minimum atomic E-state index is -4.19. The fraction of sp³-hybridized carbons (Fsp3) is 0.136. The standard InChI is InChI=1S/C22H20ClFN2O5S/c1-30-18-8-6-17(7-9-18)26(32(28,29)19-10-4-16(24)5-11-19)14-22(27)25-20-13-15(23)3-12-21(20)31-2/h3-13H,14H2,1-2H3,(H,25,27). The molecule has 0 heterocycles. The lowest BCUT2D eigenvalue weighted by atomic mass is 10.3. The summed E-state index contributed by atoms with van der Waals surface area (Å²) in [7, 11) is -1.28. The van der Waals surface area contributed by atoms with E-state index in [-0.39, 0.29) is 10.6 Å². The molecule has 0 radical (unpaired) electrons. The van der Waals surface area contributed by atoms with Crippen molar-refractivity contribution in [2.24, 2.45) is 0 Å². The Morgan fingerprint density at radius 2 is 1.66 bits per heavy atom. The first kappa shape index (κ1) is 23.4. The van der Waals surface area contributed by atoms with E-state index in [4.69, 9.17) is 21.1 Å². The first-order valence-corrected chi connectivity index (χ1v) is 11.1. The Hall–Kier alpha value is -3.30. The van der Waals surface area contributed by atoms with E-state index in [1.807, 2.05) is 0 Å². The van der Waals surface area contributed by atoms with Gasteiger partial charge in [-0.2, -0.15) is 0 Å². The van der Waals surface area contributed by atoms with Crippen LogP contribution < -0.4 is 19.1 Å². The van der Waals surface area contributed by atoms with Crippen LogP contribution in [0.25, 0.3) is 0 Å². The lowest BCUT2D eigenvalue weighted by Crippen LogP contribution is -2.38. The number of benzene rings is 3. The predicted molar refractivity (Wildman–Crippen MR) is 121 cm³/mol. The number of sulfonamides is 1. The molecule has 1 amide bonds. The SMILES string of the molecule is COc1ccc(N(CC(=O)Nc2cc(Cl)ccc2OC)S(=O)(=O)c2ccc(F)cc2)cc1. The third-order valence-electron chi connectivity index (χ3n) is 4.48. The number of methoxy groups -OCH3 is 2. The molecule has 0 unspecified atom stereocenters. The summed E-state index contributed by atoms with van der Waals surface area (Å²) in [6, 6.07) is 15.2. The Bertz CT molecular complexity index is 1200. The topological polar surface area (TPSA) is 84.9 Å². The van der Waals surface area contributed by atoms with Crippen LogP contribution in [0.4, 0.5) is 15.8 Å². The number of hydrogen-bond donors (Lipinski definition) is 1. The van der Waals surface area contributed by atoms with Gasteiger partial charge in [-0.1, -0.05) is 11.6 Å².